The minimum absolute atomic E-state index is 0.0797. The maximum Gasteiger partial charge on any atom is 0.243 e. The third kappa shape index (κ3) is 11.7. The lowest BCUT2D eigenvalue weighted by atomic mass is 9.95. The Morgan fingerprint density at radius 3 is 2.26 bits per heavy atom. The van der Waals surface area contributed by atoms with E-state index in [9.17, 15) is 14.4 Å². The summed E-state index contributed by atoms with van der Waals surface area (Å²) in [7, 11) is 0. The molecule has 0 saturated heterocycles. The number of hydrogen-bond acceptors (Lipinski definition) is 6. The number of aldehydes is 1. The van der Waals surface area contributed by atoms with Crippen LogP contribution in [0, 0.1) is 13.8 Å². The van der Waals surface area contributed by atoms with Crippen molar-refractivity contribution in [1.82, 2.24) is 10.6 Å². The Labute approximate surface area is 274 Å². The Balaban J connectivity index is 1.67. The Kier molecular flexibility index (Phi) is 14.9. The van der Waals surface area contributed by atoms with Gasteiger partial charge >= 0.3 is 0 Å². The molecule has 0 heterocycles. The number of hydrogen-bond donors (Lipinski definition) is 4. The molecule has 3 aromatic carbocycles. The molecule has 3 rings (SSSR count). The standard InChI is InChI=1S/C38H52N4O4/c1-5-31-25-33(46-20-7-6-18-39)15-16-34(31)32-13-11-29(12-14-32)24-36(42-37(44)35(40)17-19-43)38(45)41-28(4)9-8-10-30-22-26(2)21-27(3)23-30/h11-16,19,21-23,25,28,35-36H,5-10,17-18,20,24,39-40H2,1-4H3,(H,41,45)(H,42,44)/t28?,35?,36-/m0/s1. The number of carbonyl (C=O) groups excluding carboxylic acids is 3. The fraction of sp³-hybridized carbons (Fsp3) is 0.447. The summed E-state index contributed by atoms with van der Waals surface area (Å²) in [6, 6.07) is 18.9. The van der Waals surface area contributed by atoms with Crippen molar-refractivity contribution in [2.45, 2.75) is 97.2 Å². The van der Waals surface area contributed by atoms with Gasteiger partial charge < -0.3 is 31.6 Å². The largest absolute Gasteiger partial charge is 0.494 e. The first-order chi connectivity index (χ1) is 22.1. The van der Waals surface area contributed by atoms with Gasteiger partial charge in [-0.05, 0) is 106 Å². The Morgan fingerprint density at radius 2 is 1.61 bits per heavy atom. The maximum atomic E-state index is 13.5. The number of amides is 2. The molecule has 0 saturated carbocycles. The summed E-state index contributed by atoms with van der Waals surface area (Å²) in [6.07, 6.45) is 6.17. The van der Waals surface area contributed by atoms with E-state index in [1.165, 1.54) is 22.3 Å². The van der Waals surface area contributed by atoms with E-state index in [4.69, 9.17) is 16.2 Å². The summed E-state index contributed by atoms with van der Waals surface area (Å²) >= 11 is 0. The number of nitrogens with one attached hydrogen (secondary N) is 2. The van der Waals surface area contributed by atoms with Gasteiger partial charge in [0.1, 0.15) is 18.1 Å². The van der Waals surface area contributed by atoms with Crippen molar-refractivity contribution in [3.8, 4) is 16.9 Å². The zero-order valence-corrected chi connectivity index (χ0v) is 27.9. The molecule has 2 amide bonds. The molecule has 0 fully saturated rings. The van der Waals surface area contributed by atoms with E-state index >= 15 is 0 Å². The highest BCUT2D eigenvalue weighted by atomic mass is 16.5. The average molecular weight is 629 g/mol. The lowest BCUT2D eigenvalue weighted by molar-refractivity contribution is -0.130. The number of rotatable bonds is 19. The van der Waals surface area contributed by atoms with Gasteiger partial charge in [0.25, 0.3) is 0 Å². The lowest BCUT2D eigenvalue weighted by Crippen LogP contribution is -2.53. The predicted molar refractivity (Wildman–Crippen MR) is 186 cm³/mol. The average Bonchev–Trinajstić information content (AvgIpc) is 3.02. The Hall–Kier alpha value is -4.01. The van der Waals surface area contributed by atoms with Crippen molar-refractivity contribution in [2.75, 3.05) is 13.2 Å². The molecule has 3 aromatic rings. The second kappa shape index (κ2) is 18.8. The summed E-state index contributed by atoms with van der Waals surface area (Å²) in [5.74, 6) is 0.0559. The maximum absolute atomic E-state index is 13.5. The van der Waals surface area contributed by atoms with E-state index in [0.29, 0.717) is 19.4 Å². The fourth-order valence-corrected chi connectivity index (χ4v) is 5.67. The van der Waals surface area contributed by atoms with Gasteiger partial charge in [-0.1, -0.05) is 66.6 Å². The van der Waals surface area contributed by atoms with Crippen molar-refractivity contribution >= 4 is 18.1 Å². The Bertz CT molecular complexity index is 1400. The van der Waals surface area contributed by atoms with Crippen molar-refractivity contribution in [3.05, 3.63) is 88.5 Å². The van der Waals surface area contributed by atoms with Crippen LogP contribution in [-0.2, 0) is 33.6 Å². The SMILES string of the molecule is CCc1cc(OCCCCN)ccc1-c1ccc(C[C@H](NC(=O)C(N)CC=O)C(=O)NC(C)CCCc2cc(C)cc(C)c2)cc1. The number of unbranched alkanes of at least 4 members (excludes halogenated alkanes) is 1. The number of carbonyl (C=O) groups is 3. The Morgan fingerprint density at radius 1 is 0.891 bits per heavy atom. The summed E-state index contributed by atoms with van der Waals surface area (Å²) in [5.41, 5.74) is 19.5. The molecule has 3 atom stereocenters. The van der Waals surface area contributed by atoms with E-state index in [1.807, 2.05) is 37.3 Å². The van der Waals surface area contributed by atoms with Crippen LogP contribution in [-0.4, -0.2) is 49.4 Å². The second-order valence-corrected chi connectivity index (χ2v) is 12.3. The van der Waals surface area contributed by atoms with Gasteiger partial charge in [0.15, 0.2) is 0 Å². The van der Waals surface area contributed by atoms with E-state index in [1.54, 1.807) is 0 Å². The summed E-state index contributed by atoms with van der Waals surface area (Å²) < 4.78 is 5.91. The van der Waals surface area contributed by atoms with Crippen molar-refractivity contribution in [2.24, 2.45) is 11.5 Å². The van der Waals surface area contributed by atoms with Crippen LogP contribution in [0.15, 0.2) is 60.7 Å². The molecule has 0 aromatic heterocycles. The summed E-state index contributed by atoms with van der Waals surface area (Å²) in [6.45, 7) is 9.61. The van der Waals surface area contributed by atoms with Crippen LogP contribution in [0.3, 0.4) is 0 Å². The first-order valence-corrected chi connectivity index (χ1v) is 16.6. The van der Waals surface area contributed by atoms with Crippen LogP contribution in [0.25, 0.3) is 11.1 Å². The molecule has 8 nitrogen and oxygen atoms in total. The smallest absolute Gasteiger partial charge is 0.243 e. The number of ether oxygens (including phenoxy) is 1. The molecule has 0 aliphatic heterocycles. The molecular formula is C38H52N4O4. The molecule has 8 heteroatoms. The number of aryl methyl sites for hydroxylation is 4. The van der Waals surface area contributed by atoms with Crippen molar-refractivity contribution in [1.29, 1.82) is 0 Å². The quantitative estimate of drug-likeness (QED) is 0.107. The van der Waals surface area contributed by atoms with Gasteiger partial charge in [-0.2, -0.15) is 0 Å². The molecule has 0 radical (unpaired) electrons. The third-order valence-electron chi connectivity index (χ3n) is 8.12. The normalized spacial score (nSPS) is 13.0. The van der Waals surface area contributed by atoms with Gasteiger partial charge in [-0.25, -0.2) is 0 Å². The van der Waals surface area contributed by atoms with E-state index in [2.05, 4.69) is 61.7 Å². The fourth-order valence-electron chi connectivity index (χ4n) is 5.67. The molecule has 0 bridgehead atoms. The molecular weight excluding hydrogens is 576 g/mol. The third-order valence-corrected chi connectivity index (χ3v) is 8.12. The minimum atomic E-state index is -1.01. The molecule has 0 aliphatic rings. The highest BCUT2D eigenvalue weighted by Crippen LogP contribution is 2.29. The van der Waals surface area contributed by atoms with Gasteiger partial charge in [0.05, 0.1) is 12.6 Å². The monoisotopic (exact) mass is 628 g/mol. The number of benzene rings is 3. The van der Waals surface area contributed by atoms with Crippen LogP contribution >= 0.6 is 0 Å². The van der Waals surface area contributed by atoms with Crippen LogP contribution in [0.2, 0.25) is 0 Å². The van der Waals surface area contributed by atoms with Gasteiger partial charge in [0, 0.05) is 18.9 Å². The molecule has 248 valence electrons. The summed E-state index contributed by atoms with van der Waals surface area (Å²) in [5, 5.41) is 5.87. The predicted octanol–water partition coefficient (Wildman–Crippen LogP) is 5.12. The molecule has 6 N–H and O–H groups in total. The van der Waals surface area contributed by atoms with Crippen molar-refractivity contribution in [3.63, 3.8) is 0 Å². The van der Waals surface area contributed by atoms with E-state index in [0.717, 1.165) is 61.0 Å². The van der Waals surface area contributed by atoms with Gasteiger partial charge in [0.2, 0.25) is 11.8 Å². The first kappa shape index (κ1) is 36.5. The van der Waals surface area contributed by atoms with Gasteiger partial charge in [-0.15, -0.1) is 0 Å². The topological polar surface area (TPSA) is 137 Å². The zero-order chi connectivity index (χ0) is 33.5. The highest BCUT2D eigenvalue weighted by Gasteiger charge is 2.25. The molecule has 2 unspecified atom stereocenters. The lowest BCUT2D eigenvalue weighted by Gasteiger charge is -2.23. The van der Waals surface area contributed by atoms with E-state index in [-0.39, 0.29) is 24.8 Å². The van der Waals surface area contributed by atoms with Gasteiger partial charge in [-0.3, -0.25) is 9.59 Å². The molecule has 0 spiro atoms. The van der Waals surface area contributed by atoms with Crippen LogP contribution < -0.4 is 26.8 Å². The highest BCUT2D eigenvalue weighted by molar-refractivity contribution is 5.91. The van der Waals surface area contributed by atoms with E-state index < -0.39 is 18.0 Å². The molecule has 46 heavy (non-hydrogen) atoms. The first-order valence-electron chi connectivity index (χ1n) is 16.6. The van der Waals surface area contributed by atoms with Crippen molar-refractivity contribution < 1.29 is 19.1 Å². The second-order valence-electron chi connectivity index (χ2n) is 12.3. The van der Waals surface area contributed by atoms with Crippen LogP contribution in [0.1, 0.15) is 73.8 Å². The zero-order valence-electron chi connectivity index (χ0n) is 27.9. The van der Waals surface area contributed by atoms with Crippen LogP contribution in [0.4, 0.5) is 0 Å². The summed E-state index contributed by atoms with van der Waals surface area (Å²) in [4.78, 5) is 37.2. The number of nitrogens with two attached hydrogens (primary N) is 2. The molecule has 0 aliphatic carbocycles. The van der Waals surface area contributed by atoms with Crippen LogP contribution in [0.5, 0.6) is 5.75 Å². The minimum Gasteiger partial charge on any atom is -0.494 e.